The Kier molecular flexibility index (Phi) is 4.22. The summed E-state index contributed by atoms with van der Waals surface area (Å²) in [5.74, 6) is -3.73. The van der Waals surface area contributed by atoms with E-state index in [1.807, 2.05) is 5.32 Å². The average Bonchev–Trinajstić information content (AvgIpc) is 2.37. The van der Waals surface area contributed by atoms with Crippen LogP contribution in [0.3, 0.4) is 0 Å². The zero-order chi connectivity index (χ0) is 15.7. The van der Waals surface area contributed by atoms with Gasteiger partial charge in [0.15, 0.2) is 11.6 Å². The molecule has 0 saturated carbocycles. The minimum absolute atomic E-state index is 0.164. The normalized spacial score (nSPS) is 10.5. The highest BCUT2D eigenvalue weighted by Gasteiger charge is 2.19. The third kappa shape index (κ3) is 3.18. The molecule has 0 aliphatic rings. The molecule has 0 heterocycles. The third-order valence-corrected chi connectivity index (χ3v) is 3.22. The van der Waals surface area contributed by atoms with Crippen LogP contribution in [0.5, 0.6) is 0 Å². The average molecular weight is 359 g/mol. The number of hydrogen-bond donors (Lipinski definition) is 2. The largest absolute Gasteiger partial charge is 0.399 e. The molecule has 2 rings (SSSR count). The Morgan fingerprint density at radius 2 is 1.71 bits per heavy atom. The number of anilines is 2. The maximum atomic E-state index is 13.9. The highest BCUT2D eigenvalue weighted by atomic mass is 79.9. The molecule has 21 heavy (non-hydrogen) atoms. The Hall–Kier alpha value is -2.02. The summed E-state index contributed by atoms with van der Waals surface area (Å²) in [4.78, 5) is 12.0. The van der Waals surface area contributed by atoms with Crippen LogP contribution < -0.4 is 11.1 Å². The lowest BCUT2D eigenvalue weighted by Crippen LogP contribution is -2.17. The molecule has 3 N–H and O–H groups in total. The van der Waals surface area contributed by atoms with Gasteiger partial charge in [-0.3, -0.25) is 4.79 Å². The van der Waals surface area contributed by atoms with E-state index < -0.39 is 29.0 Å². The van der Waals surface area contributed by atoms with E-state index in [-0.39, 0.29) is 21.3 Å². The van der Waals surface area contributed by atoms with Crippen molar-refractivity contribution in [3.8, 4) is 0 Å². The predicted molar refractivity (Wildman–Crippen MR) is 77.6 cm³/mol. The summed E-state index contributed by atoms with van der Waals surface area (Å²) in [6, 6.07) is 4.43. The summed E-state index contributed by atoms with van der Waals surface area (Å²) in [6.45, 7) is 1.43. The van der Waals surface area contributed by atoms with Gasteiger partial charge in [0, 0.05) is 10.2 Å². The van der Waals surface area contributed by atoms with Crippen LogP contribution in [-0.4, -0.2) is 5.91 Å². The molecule has 0 aliphatic carbocycles. The van der Waals surface area contributed by atoms with Crippen LogP contribution in [0.25, 0.3) is 0 Å². The molecule has 0 fully saturated rings. The van der Waals surface area contributed by atoms with Crippen molar-refractivity contribution in [3.63, 3.8) is 0 Å². The zero-order valence-electron chi connectivity index (χ0n) is 10.8. The highest BCUT2D eigenvalue weighted by Crippen LogP contribution is 2.25. The number of aryl methyl sites for hydroxylation is 1. The van der Waals surface area contributed by atoms with Gasteiger partial charge in [-0.2, -0.15) is 0 Å². The van der Waals surface area contributed by atoms with Crippen molar-refractivity contribution >= 4 is 33.2 Å². The topological polar surface area (TPSA) is 55.1 Å². The van der Waals surface area contributed by atoms with Gasteiger partial charge in [0.2, 0.25) is 0 Å². The van der Waals surface area contributed by atoms with E-state index in [1.165, 1.54) is 13.0 Å². The highest BCUT2D eigenvalue weighted by molar-refractivity contribution is 9.10. The molecule has 2 aromatic rings. The molecular formula is C14H10BrF3N2O. The first-order chi connectivity index (χ1) is 9.79. The van der Waals surface area contributed by atoms with E-state index >= 15 is 0 Å². The van der Waals surface area contributed by atoms with Crippen LogP contribution in [0.4, 0.5) is 24.5 Å². The number of rotatable bonds is 2. The SMILES string of the molecule is Cc1cc(N)cc(C(=O)Nc2c(F)cc(Br)cc2F)c1F. The van der Waals surface area contributed by atoms with Crippen molar-refractivity contribution in [2.45, 2.75) is 6.92 Å². The van der Waals surface area contributed by atoms with E-state index in [9.17, 15) is 18.0 Å². The maximum Gasteiger partial charge on any atom is 0.258 e. The lowest BCUT2D eigenvalue weighted by Gasteiger charge is -2.10. The molecule has 0 aliphatic heterocycles. The van der Waals surface area contributed by atoms with Gasteiger partial charge in [0.25, 0.3) is 5.91 Å². The van der Waals surface area contributed by atoms with E-state index in [2.05, 4.69) is 15.9 Å². The molecule has 0 atom stereocenters. The van der Waals surface area contributed by atoms with Crippen LogP contribution in [0, 0.1) is 24.4 Å². The number of nitrogens with one attached hydrogen (secondary N) is 1. The third-order valence-electron chi connectivity index (χ3n) is 2.77. The van der Waals surface area contributed by atoms with Gasteiger partial charge in [-0.1, -0.05) is 15.9 Å². The van der Waals surface area contributed by atoms with Gasteiger partial charge in [0.1, 0.15) is 11.5 Å². The number of benzene rings is 2. The van der Waals surface area contributed by atoms with Crippen LogP contribution in [0.2, 0.25) is 0 Å². The Morgan fingerprint density at radius 3 is 2.29 bits per heavy atom. The summed E-state index contributed by atoms with van der Waals surface area (Å²) in [5, 5.41) is 2.01. The van der Waals surface area contributed by atoms with Crippen molar-refractivity contribution < 1.29 is 18.0 Å². The van der Waals surface area contributed by atoms with Gasteiger partial charge in [-0.25, -0.2) is 13.2 Å². The summed E-state index contributed by atoms with van der Waals surface area (Å²) in [5.41, 5.74) is 4.85. The molecule has 7 heteroatoms. The summed E-state index contributed by atoms with van der Waals surface area (Å²) in [7, 11) is 0. The monoisotopic (exact) mass is 358 g/mol. The summed E-state index contributed by atoms with van der Waals surface area (Å²) < 4.78 is 41.4. The molecule has 0 bridgehead atoms. The lowest BCUT2D eigenvalue weighted by molar-refractivity contribution is 0.102. The van der Waals surface area contributed by atoms with Crippen molar-refractivity contribution in [2.75, 3.05) is 11.1 Å². The maximum absolute atomic E-state index is 13.9. The van der Waals surface area contributed by atoms with Gasteiger partial charge in [-0.05, 0) is 36.8 Å². The van der Waals surface area contributed by atoms with Crippen molar-refractivity contribution in [1.82, 2.24) is 0 Å². The number of halogens is 4. The molecule has 0 unspecified atom stereocenters. The number of nitrogen functional groups attached to an aromatic ring is 1. The Morgan fingerprint density at radius 1 is 1.14 bits per heavy atom. The predicted octanol–water partition coefficient (Wildman–Crippen LogP) is 4.01. The standard InChI is InChI=1S/C14H10BrF3N2O/c1-6-2-8(19)5-9(12(6)18)14(21)20-13-10(16)3-7(15)4-11(13)17/h2-5H,19H2,1H3,(H,20,21). The molecule has 3 nitrogen and oxygen atoms in total. The Labute approximate surface area is 127 Å². The van der Waals surface area contributed by atoms with Crippen molar-refractivity contribution in [2.24, 2.45) is 0 Å². The fraction of sp³-hybridized carbons (Fsp3) is 0.0714. The molecule has 0 saturated heterocycles. The fourth-order valence-electron chi connectivity index (χ4n) is 1.81. The van der Waals surface area contributed by atoms with E-state index in [1.54, 1.807) is 0 Å². The van der Waals surface area contributed by atoms with Crippen LogP contribution in [0.1, 0.15) is 15.9 Å². The number of amides is 1. The van der Waals surface area contributed by atoms with E-state index in [0.29, 0.717) is 0 Å². The van der Waals surface area contributed by atoms with E-state index in [0.717, 1.165) is 18.2 Å². The quantitative estimate of drug-likeness (QED) is 0.797. The first kappa shape index (κ1) is 15.4. The second kappa shape index (κ2) is 5.77. The van der Waals surface area contributed by atoms with Crippen molar-refractivity contribution in [3.05, 3.63) is 57.3 Å². The number of nitrogens with two attached hydrogens (primary N) is 1. The number of carbonyl (C=O) groups is 1. The Bertz CT molecular complexity index is 711. The van der Waals surface area contributed by atoms with Gasteiger partial charge >= 0.3 is 0 Å². The zero-order valence-corrected chi connectivity index (χ0v) is 12.4. The first-order valence-electron chi connectivity index (χ1n) is 5.81. The molecule has 0 spiro atoms. The minimum Gasteiger partial charge on any atom is -0.399 e. The van der Waals surface area contributed by atoms with Gasteiger partial charge in [-0.15, -0.1) is 0 Å². The molecule has 1 amide bonds. The molecule has 0 radical (unpaired) electrons. The fourth-order valence-corrected chi connectivity index (χ4v) is 2.21. The second-order valence-corrected chi connectivity index (χ2v) is 5.31. The molecular weight excluding hydrogens is 349 g/mol. The van der Waals surface area contributed by atoms with E-state index in [4.69, 9.17) is 5.73 Å². The van der Waals surface area contributed by atoms with Crippen LogP contribution in [-0.2, 0) is 0 Å². The number of carbonyl (C=O) groups excluding carboxylic acids is 1. The lowest BCUT2D eigenvalue weighted by atomic mass is 10.1. The van der Waals surface area contributed by atoms with Gasteiger partial charge in [0.05, 0.1) is 5.56 Å². The number of hydrogen-bond acceptors (Lipinski definition) is 2. The van der Waals surface area contributed by atoms with Crippen molar-refractivity contribution in [1.29, 1.82) is 0 Å². The molecule has 2 aromatic carbocycles. The minimum atomic E-state index is -0.983. The van der Waals surface area contributed by atoms with Crippen LogP contribution in [0.15, 0.2) is 28.7 Å². The van der Waals surface area contributed by atoms with Gasteiger partial charge < -0.3 is 11.1 Å². The summed E-state index contributed by atoms with van der Waals surface area (Å²) >= 11 is 2.92. The second-order valence-electron chi connectivity index (χ2n) is 4.40. The Balaban J connectivity index is 2.40. The molecule has 0 aromatic heterocycles. The van der Waals surface area contributed by atoms with Crippen LogP contribution >= 0.6 is 15.9 Å². The summed E-state index contributed by atoms with van der Waals surface area (Å²) in [6.07, 6.45) is 0. The first-order valence-corrected chi connectivity index (χ1v) is 6.60. The molecule has 110 valence electrons. The smallest absolute Gasteiger partial charge is 0.258 e.